The molecule has 136 valence electrons. The molecular weight excluding hydrogens is 342 g/mol. The van der Waals surface area contributed by atoms with Crippen LogP contribution in [0.4, 0.5) is 0 Å². The Morgan fingerprint density at radius 3 is 2.73 bits per heavy atom. The van der Waals surface area contributed by atoms with Gasteiger partial charge in [0.25, 0.3) is 0 Å². The van der Waals surface area contributed by atoms with Crippen LogP contribution < -0.4 is 10.6 Å². The maximum absolute atomic E-state index is 4.67. The fourth-order valence-electron chi connectivity index (χ4n) is 2.61. The highest BCUT2D eigenvalue weighted by Gasteiger charge is 2.03. The first-order chi connectivity index (χ1) is 12.7. The highest BCUT2D eigenvalue weighted by atomic mass is 32.1. The molecule has 0 unspecified atom stereocenters. The smallest absolute Gasteiger partial charge is 0.191 e. The number of nitrogens with one attached hydrogen (secondary N) is 2. The Morgan fingerprint density at radius 2 is 2.00 bits per heavy atom. The van der Waals surface area contributed by atoms with Gasteiger partial charge in [-0.05, 0) is 50.1 Å². The average Bonchev–Trinajstić information content (AvgIpc) is 3.29. The molecule has 6 heteroatoms. The third-order valence-electron chi connectivity index (χ3n) is 3.90. The molecule has 3 aromatic rings. The minimum atomic E-state index is 0.708. The third-order valence-corrected chi connectivity index (χ3v) is 4.88. The summed E-state index contributed by atoms with van der Waals surface area (Å²) >= 11 is 1.80. The first-order valence-corrected chi connectivity index (χ1v) is 9.72. The maximum atomic E-state index is 4.67. The predicted molar refractivity (Wildman–Crippen MR) is 109 cm³/mol. The molecule has 0 bridgehead atoms. The van der Waals surface area contributed by atoms with Gasteiger partial charge in [-0.2, -0.15) is 5.10 Å². The number of guanidine groups is 1. The van der Waals surface area contributed by atoms with Gasteiger partial charge in [-0.25, -0.2) is 9.67 Å². The van der Waals surface area contributed by atoms with Crippen LogP contribution in [0.15, 0.2) is 59.9 Å². The molecule has 0 saturated heterocycles. The summed E-state index contributed by atoms with van der Waals surface area (Å²) in [5, 5.41) is 11.1. The van der Waals surface area contributed by atoms with E-state index in [2.05, 4.69) is 65.0 Å². The van der Waals surface area contributed by atoms with Crippen molar-refractivity contribution in [2.75, 3.05) is 13.1 Å². The lowest BCUT2D eigenvalue weighted by atomic mass is 10.2. The van der Waals surface area contributed by atoms with Crippen LogP contribution in [0.25, 0.3) is 5.69 Å². The summed E-state index contributed by atoms with van der Waals surface area (Å²) in [6, 6.07) is 14.4. The highest BCUT2D eigenvalue weighted by Crippen LogP contribution is 2.15. The van der Waals surface area contributed by atoms with E-state index in [4.69, 9.17) is 0 Å². The number of nitrogens with zero attached hydrogens (tertiary/aromatic N) is 3. The van der Waals surface area contributed by atoms with E-state index in [1.807, 2.05) is 29.1 Å². The van der Waals surface area contributed by atoms with Crippen molar-refractivity contribution in [1.82, 2.24) is 20.4 Å². The molecule has 2 aromatic heterocycles. The Kier molecular flexibility index (Phi) is 6.44. The molecule has 2 N–H and O–H groups in total. The van der Waals surface area contributed by atoms with Crippen molar-refractivity contribution >= 4 is 17.3 Å². The summed E-state index contributed by atoms with van der Waals surface area (Å²) in [5.41, 5.74) is 2.28. The van der Waals surface area contributed by atoms with E-state index in [-0.39, 0.29) is 0 Å². The van der Waals surface area contributed by atoms with Gasteiger partial charge in [0.2, 0.25) is 0 Å². The second-order valence-electron chi connectivity index (χ2n) is 6.01. The molecule has 0 saturated carbocycles. The summed E-state index contributed by atoms with van der Waals surface area (Å²) in [6.07, 6.45) is 4.90. The second-order valence-corrected chi connectivity index (χ2v) is 7.39. The molecule has 0 fully saturated rings. The van der Waals surface area contributed by atoms with Crippen molar-refractivity contribution in [1.29, 1.82) is 0 Å². The van der Waals surface area contributed by atoms with Gasteiger partial charge in [0.05, 0.1) is 18.4 Å². The molecule has 0 atom stereocenters. The molecule has 3 rings (SSSR count). The van der Waals surface area contributed by atoms with Crippen molar-refractivity contribution in [3.8, 4) is 5.69 Å². The summed E-state index contributed by atoms with van der Waals surface area (Å²) in [7, 11) is 0. The summed E-state index contributed by atoms with van der Waals surface area (Å²) in [4.78, 5) is 7.27. The second kappa shape index (κ2) is 9.20. The zero-order chi connectivity index (χ0) is 18.2. The quantitative estimate of drug-likeness (QED) is 0.496. The van der Waals surface area contributed by atoms with Crippen LogP contribution in [0.2, 0.25) is 0 Å². The number of para-hydroxylation sites is 1. The first-order valence-electron chi connectivity index (χ1n) is 8.91. The van der Waals surface area contributed by atoms with Gasteiger partial charge in [-0.1, -0.05) is 18.2 Å². The topological polar surface area (TPSA) is 54.2 Å². The minimum Gasteiger partial charge on any atom is -0.357 e. The highest BCUT2D eigenvalue weighted by molar-refractivity contribution is 7.11. The van der Waals surface area contributed by atoms with Crippen LogP contribution in [-0.4, -0.2) is 28.8 Å². The largest absolute Gasteiger partial charge is 0.357 e. The summed E-state index contributed by atoms with van der Waals surface area (Å²) in [6.45, 7) is 6.57. The monoisotopic (exact) mass is 367 g/mol. The van der Waals surface area contributed by atoms with Gasteiger partial charge in [0.1, 0.15) is 0 Å². The predicted octanol–water partition coefficient (Wildman–Crippen LogP) is 3.54. The van der Waals surface area contributed by atoms with Gasteiger partial charge in [-0.15, -0.1) is 11.3 Å². The SMILES string of the molecule is CCNC(=NCc1ccc(C)s1)NCCc1cnn(-c2ccccc2)c1. The van der Waals surface area contributed by atoms with E-state index in [1.165, 1.54) is 15.3 Å². The molecule has 0 aliphatic carbocycles. The molecule has 0 spiro atoms. The Labute approximate surface area is 158 Å². The van der Waals surface area contributed by atoms with Crippen molar-refractivity contribution in [3.05, 3.63) is 70.2 Å². The molecular formula is C20H25N5S. The van der Waals surface area contributed by atoms with E-state index >= 15 is 0 Å². The molecule has 0 aliphatic rings. The van der Waals surface area contributed by atoms with E-state index < -0.39 is 0 Å². The number of hydrogen-bond donors (Lipinski definition) is 2. The van der Waals surface area contributed by atoms with E-state index in [1.54, 1.807) is 11.3 Å². The Balaban J connectivity index is 1.52. The van der Waals surface area contributed by atoms with Crippen molar-refractivity contribution in [2.45, 2.75) is 26.8 Å². The lowest BCUT2D eigenvalue weighted by Gasteiger charge is -2.10. The number of thiophene rings is 1. The van der Waals surface area contributed by atoms with Gasteiger partial charge in [0.15, 0.2) is 5.96 Å². The zero-order valence-corrected chi connectivity index (χ0v) is 16.1. The number of rotatable bonds is 7. The average molecular weight is 368 g/mol. The molecule has 0 amide bonds. The number of aromatic nitrogens is 2. The standard InChI is InChI=1S/C20H25N5S/c1-3-21-20(23-14-19-10-9-16(2)26-19)22-12-11-17-13-24-25(15-17)18-7-5-4-6-8-18/h4-10,13,15H,3,11-12,14H2,1-2H3,(H2,21,22,23). The van der Waals surface area contributed by atoms with Crippen molar-refractivity contribution < 1.29 is 0 Å². The number of benzene rings is 1. The summed E-state index contributed by atoms with van der Waals surface area (Å²) in [5.74, 6) is 0.856. The van der Waals surface area contributed by atoms with Gasteiger partial charge < -0.3 is 10.6 Å². The van der Waals surface area contributed by atoms with Gasteiger partial charge >= 0.3 is 0 Å². The third kappa shape index (κ3) is 5.20. The van der Waals surface area contributed by atoms with Crippen LogP contribution in [0.1, 0.15) is 22.2 Å². The lowest BCUT2D eigenvalue weighted by Crippen LogP contribution is -2.38. The number of hydrogen-bond acceptors (Lipinski definition) is 3. The first kappa shape index (κ1) is 18.2. The van der Waals surface area contributed by atoms with Crippen LogP contribution in [0, 0.1) is 6.92 Å². The minimum absolute atomic E-state index is 0.708. The molecule has 26 heavy (non-hydrogen) atoms. The normalized spacial score (nSPS) is 11.5. The molecule has 0 radical (unpaired) electrons. The van der Waals surface area contributed by atoms with E-state index in [0.717, 1.165) is 31.2 Å². The zero-order valence-electron chi connectivity index (χ0n) is 15.3. The Morgan fingerprint density at radius 1 is 1.15 bits per heavy atom. The van der Waals surface area contributed by atoms with Crippen LogP contribution in [-0.2, 0) is 13.0 Å². The molecule has 1 aromatic carbocycles. The van der Waals surface area contributed by atoms with E-state index in [0.29, 0.717) is 6.54 Å². The Hall–Kier alpha value is -2.60. The van der Waals surface area contributed by atoms with E-state index in [9.17, 15) is 0 Å². The van der Waals surface area contributed by atoms with Crippen molar-refractivity contribution in [2.24, 2.45) is 4.99 Å². The maximum Gasteiger partial charge on any atom is 0.191 e. The van der Waals surface area contributed by atoms with Crippen LogP contribution in [0.5, 0.6) is 0 Å². The van der Waals surface area contributed by atoms with Crippen LogP contribution in [0.3, 0.4) is 0 Å². The molecule has 2 heterocycles. The number of aryl methyl sites for hydroxylation is 1. The van der Waals surface area contributed by atoms with Gasteiger partial charge in [-0.3, -0.25) is 0 Å². The van der Waals surface area contributed by atoms with Crippen LogP contribution >= 0.6 is 11.3 Å². The molecule has 5 nitrogen and oxygen atoms in total. The number of aliphatic imine (C=N–C) groups is 1. The molecule has 0 aliphatic heterocycles. The lowest BCUT2D eigenvalue weighted by molar-refractivity contribution is 0.800. The fraction of sp³-hybridized carbons (Fsp3) is 0.300. The Bertz CT molecular complexity index is 835. The summed E-state index contributed by atoms with van der Waals surface area (Å²) < 4.78 is 1.91. The van der Waals surface area contributed by atoms with Crippen molar-refractivity contribution in [3.63, 3.8) is 0 Å². The van der Waals surface area contributed by atoms with Gasteiger partial charge in [0, 0.05) is 29.0 Å². The fourth-order valence-corrected chi connectivity index (χ4v) is 3.42.